The number of rotatable bonds is 5. The summed E-state index contributed by atoms with van der Waals surface area (Å²) in [5.74, 6) is 0.245. The van der Waals surface area contributed by atoms with Gasteiger partial charge in [-0.05, 0) is 57.2 Å². The van der Waals surface area contributed by atoms with E-state index in [4.69, 9.17) is 5.73 Å². The number of carbonyl (C=O) groups excluding carboxylic acids is 1. The predicted molar refractivity (Wildman–Crippen MR) is 124 cm³/mol. The van der Waals surface area contributed by atoms with E-state index in [1.807, 2.05) is 23.6 Å². The van der Waals surface area contributed by atoms with E-state index in [-0.39, 0.29) is 26.8 Å². The number of nitrogens with two attached hydrogens (primary N) is 1. The SMILES string of the molecule is CC1CN(c2nccc(S(=O)(=O)c3cccc(N4CCC(F)CC4)n3)c2C(N)=O)C(C)(C)C1. The zero-order valence-corrected chi connectivity index (χ0v) is 20.0. The second-order valence-electron chi connectivity index (χ2n) is 9.60. The Morgan fingerprint density at radius 3 is 2.52 bits per heavy atom. The Hall–Kier alpha value is -2.75. The van der Waals surface area contributed by atoms with Gasteiger partial charge < -0.3 is 15.5 Å². The monoisotopic (exact) mass is 475 g/mol. The number of amides is 1. The van der Waals surface area contributed by atoms with Gasteiger partial charge >= 0.3 is 0 Å². The molecule has 178 valence electrons. The van der Waals surface area contributed by atoms with Crippen molar-refractivity contribution >= 4 is 27.4 Å². The number of alkyl halides is 1. The molecular formula is C23H30FN5O3S. The molecule has 0 spiro atoms. The summed E-state index contributed by atoms with van der Waals surface area (Å²) in [7, 11) is -4.17. The van der Waals surface area contributed by atoms with Gasteiger partial charge in [-0.3, -0.25) is 4.79 Å². The van der Waals surface area contributed by atoms with E-state index in [1.54, 1.807) is 12.1 Å². The molecule has 0 aromatic carbocycles. The fraction of sp³-hybridized carbons (Fsp3) is 0.522. The fourth-order valence-corrected chi connectivity index (χ4v) is 6.37. The third-order valence-electron chi connectivity index (χ3n) is 6.49. The van der Waals surface area contributed by atoms with Crippen LogP contribution in [0.3, 0.4) is 0 Å². The topological polar surface area (TPSA) is 109 Å². The van der Waals surface area contributed by atoms with Crippen LogP contribution in [0.1, 0.15) is 50.4 Å². The van der Waals surface area contributed by atoms with Gasteiger partial charge in [-0.15, -0.1) is 0 Å². The molecule has 1 unspecified atom stereocenters. The van der Waals surface area contributed by atoms with Gasteiger partial charge in [0.25, 0.3) is 5.91 Å². The molecule has 2 saturated heterocycles. The standard InChI is InChI=1S/C23H30FN5O3S/c1-15-13-23(2,3)29(14-15)22-20(21(25)30)17(7-10-26-22)33(31,32)19-6-4-5-18(27-19)28-11-8-16(24)9-12-28/h4-7,10,15-16H,8-9,11-14H2,1-3H3,(H2,25,30). The van der Waals surface area contributed by atoms with E-state index in [2.05, 4.69) is 16.9 Å². The van der Waals surface area contributed by atoms with Gasteiger partial charge in [-0.25, -0.2) is 22.8 Å². The highest BCUT2D eigenvalue weighted by Crippen LogP contribution is 2.39. The third-order valence-corrected chi connectivity index (χ3v) is 8.19. The number of anilines is 2. The summed E-state index contributed by atoms with van der Waals surface area (Å²) in [5.41, 5.74) is 5.28. The average molecular weight is 476 g/mol. The Morgan fingerprint density at radius 2 is 1.91 bits per heavy atom. The fourth-order valence-electron chi connectivity index (χ4n) is 4.97. The number of nitrogens with zero attached hydrogens (tertiary/aromatic N) is 4. The summed E-state index contributed by atoms with van der Waals surface area (Å²) in [5, 5.41) is -0.184. The second kappa shape index (κ2) is 8.55. The van der Waals surface area contributed by atoms with Crippen molar-refractivity contribution in [3.8, 4) is 0 Å². The van der Waals surface area contributed by atoms with Crippen molar-refractivity contribution in [2.75, 3.05) is 29.4 Å². The minimum absolute atomic E-state index is 0.120. The molecule has 0 radical (unpaired) electrons. The molecule has 2 fully saturated rings. The Balaban J connectivity index is 1.78. The number of hydrogen-bond donors (Lipinski definition) is 1. The predicted octanol–water partition coefficient (Wildman–Crippen LogP) is 2.97. The summed E-state index contributed by atoms with van der Waals surface area (Å²) in [4.78, 5) is 24.9. The van der Waals surface area contributed by atoms with Crippen molar-refractivity contribution in [2.45, 2.75) is 61.7 Å². The van der Waals surface area contributed by atoms with Crippen molar-refractivity contribution in [3.05, 3.63) is 36.0 Å². The van der Waals surface area contributed by atoms with Crippen LogP contribution in [0.2, 0.25) is 0 Å². The van der Waals surface area contributed by atoms with Gasteiger partial charge in [0.05, 0.1) is 4.90 Å². The van der Waals surface area contributed by atoms with Gasteiger partial charge in [0, 0.05) is 31.4 Å². The molecule has 4 heterocycles. The van der Waals surface area contributed by atoms with Crippen molar-refractivity contribution in [1.29, 1.82) is 0 Å². The molecule has 33 heavy (non-hydrogen) atoms. The Morgan fingerprint density at radius 1 is 1.21 bits per heavy atom. The molecule has 2 aliphatic rings. The van der Waals surface area contributed by atoms with E-state index in [9.17, 15) is 17.6 Å². The lowest BCUT2D eigenvalue weighted by Gasteiger charge is -2.34. The first-order valence-electron chi connectivity index (χ1n) is 11.2. The molecule has 0 bridgehead atoms. The van der Waals surface area contributed by atoms with Crippen LogP contribution in [-0.2, 0) is 9.84 Å². The van der Waals surface area contributed by atoms with Gasteiger partial charge in [0.15, 0.2) is 5.03 Å². The first-order valence-corrected chi connectivity index (χ1v) is 12.7. The van der Waals surface area contributed by atoms with E-state index >= 15 is 0 Å². The highest BCUT2D eigenvalue weighted by atomic mass is 32.2. The van der Waals surface area contributed by atoms with Gasteiger partial charge in [-0.1, -0.05) is 13.0 Å². The summed E-state index contributed by atoms with van der Waals surface area (Å²) in [6, 6.07) is 6.01. The van der Waals surface area contributed by atoms with Crippen LogP contribution in [0.4, 0.5) is 16.0 Å². The maximum atomic E-state index is 13.6. The first kappa shape index (κ1) is 23.4. The maximum absolute atomic E-state index is 13.6. The third kappa shape index (κ3) is 4.40. The zero-order chi connectivity index (χ0) is 24.0. The van der Waals surface area contributed by atoms with Crippen molar-refractivity contribution < 1.29 is 17.6 Å². The highest BCUT2D eigenvalue weighted by molar-refractivity contribution is 7.91. The van der Waals surface area contributed by atoms with E-state index in [0.717, 1.165) is 6.42 Å². The summed E-state index contributed by atoms with van der Waals surface area (Å²) in [6.45, 7) is 7.75. The number of sulfone groups is 1. The molecule has 4 rings (SSSR count). The lowest BCUT2D eigenvalue weighted by atomic mass is 9.97. The summed E-state index contributed by atoms with van der Waals surface area (Å²) < 4.78 is 40.8. The van der Waals surface area contributed by atoms with E-state index < -0.39 is 21.9 Å². The number of carbonyl (C=O) groups is 1. The van der Waals surface area contributed by atoms with Crippen molar-refractivity contribution in [1.82, 2.24) is 9.97 Å². The van der Waals surface area contributed by atoms with Crippen LogP contribution in [0.5, 0.6) is 0 Å². The van der Waals surface area contributed by atoms with Gasteiger partial charge in [0.2, 0.25) is 9.84 Å². The molecular weight excluding hydrogens is 445 g/mol. The van der Waals surface area contributed by atoms with Crippen LogP contribution in [-0.4, -0.2) is 55.6 Å². The van der Waals surface area contributed by atoms with Crippen LogP contribution in [0, 0.1) is 5.92 Å². The Kier molecular flexibility index (Phi) is 6.07. The summed E-state index contributed by atoms with van der Waals surface area (Å²) >= 11 is 0. The summed E-state index contributed by atoms with van der Waals surface area (Å²) in [6.07, 6.45) is 2.18. The first-order chi connectivity index (χ1) is 15.5. The molecule has 1 atom stereocenters. The molecule has 2 aromatic heterocycles. The number of aromatic nitrogens is 2. The number of primary amides is 1. The molecule has 10 heteroatoms. The van der Waals surface area contributed by atoms with Crippen molar-refractivity contribution in [3.63, 3.8) is 0 Å². The van der Waals surface area contributed by atoms with Crippen LogP contribution >= 0.6 is 0 Å². The molecule has 2 aromatic rings. The molecule has 0 saturated carbocycles. The second-order valence-corrected chi connectivity index (χ2v) is 11.5. The highest BCUT2D eigenvalue weighted by Gasteiger charge is 2.40. The lowest BCUT2D eigenvalue weighted by molar-refractivity contribution is 0.0997. The van der Waals surface area contributed by atoms with Gasteiger partial charge in [0.1, 0.15) is 23.4 Å². The number of pyridine rings is 2. The zero-order valence-electron chi connectivity index (χ0n) is 19.2. The largest absolute Gasteiger partial charge is 0.365 e. The molecule has 1 amide bonds. The Bertz CT molecular complexity index is 1160. The van der Waals surface area contributed by atoms with Crippen LogP contribution in [0.15, 0.2) is 40.4 Å². The minimum atomic E-state index is -4.17. The van der Waals surface area contributed by atoms with E-state index in [0.29, 0.717) is 44.2 Å². The number of piperidine rings is 1. The normalized spacial score (nSPS) is 21.4. The van der Waals surface area contributed by atoms with E-state index in [1.165, 1.54) is 18.3 Å². The minimum Gasteiger partial charge on any atom is -0.365 e. The molecule has 8 nitrogen and oxygen atoms in total. The van der Waals surface area contributed by atoms with Crippen molar-refractivity contribution in [2.24, 2.45) is 11.7 Å². The quantitative estimate of drug-likeness (QED) is 0.708. The molecule has 0 aliphatic carbocycles. The van der Waals surface area contributed by atoms with Gasteiger partial charge in [-0.2, -0.15) is 0 Å². The number of hydrogen-bond acceptors (Lipinski definition) is 7. The molecule has 2 N–H and O–H groups in total. The lowest BCUT2D eigenvalue weighted by Crippen LogP contribution is -2.40. The number of halogens is 1. The smallest absolute Gasteiger partial charge is 0.253 e. The maximum Gasteiger partial charge on any atom is 0.253 e. The molecule has 2 aliphatic heterocycles. The van der Waals surface area contributed by atoms with Crippen LogP contribution < -0.4 is 15.5 Å². The van der Waals surface area contributed by atoms with Crippen LogP contribution in [0.25, 0.3) is 0 Å². The average Bonchev–Trinajstić information content (AvgIpc) is 3.05. The Labute approximate surface area is 193 Å².